The summed E-state index contributed by atoms with van der Waals surface area (Å²) in [5, 5.41) is 5.45. The van der Waals surface area contributed by atoms with Crippen LogP contribution in [0.4, 0.5) is 0 Å². The van der Waals surface area contributed by atoms with Crippen molar-refractivity contribution in [3.8, 4) is 28.4 Å². The van der Waals surface area contributed by atoms with E-state index in [0.29, 0.717) is 0 Å². The topological polar surface area (TPSA) is 57.2 Å². The molecule has 5 aromatic heterocycles. The monoisotopic (exact) mass is 553 g/mol. The molecule has 5 heterocycles. The van der Waals surface area contributed by atoms with Gasteiger partial charge < -0.3 is 4.74 Å². The highest BCUT2D eigenvalue weighted by Gasteiger charge is 2.16. The highest BCUT2D eigenvalue weighted by molar-refractivity contribution is 6.11. The Morgan fingerprint density at radius 2 is 1.26 bits per heavy atom. The zero-order chi connectivity index (χ0) is 28.3. The summed E-state index contributed by atoms with van der Waals surface area (Å²) in [6.45, 7) is 0. The number of aromatic nitrogens is 5. The number of hydrogen-bond acceptors (Lipinski definition) is 4. The zero-order valence-corrected chi connectivity index (χ0v) is 22.9. The Kier molecular flexibility index (Phi) is 5.10. The molecule has 0 N–H and O–H groups in total. The van der Waals surface area contributed by atoms with Gasteiger partial charge in [0, 0.05) is 51.8 Å². The summed E-state index contributed by atoms with van der Waals surface area (Å²) in [6.07, 6.45) is 5.73. The lowest BCUT2D eigenvalue weighted by atomic mass is 10.1. The average molecular weight is 554 g/mol. The first-order valence-corrected chi connectivity index (χ1v) is 14.2. The maximum absolute atomic E-state index is 6.52. The van der Waals surface area contributed by atoms with E-state index in [9.17, 15) is 0 Å². The number of rotatable bonds is 4. The van der Waals surface area contributed by atoms with Gasteiger partial charge in [0.2, 0.25) is 0 Å². The van der Waals surface area contributed by atoms with Crippen LogP contribution in [0.1, 0.15) is 0 Å². The Labute approximate surface area is 246 Å². The molecule has 0 saturated carbocycles. The quantitative estimate of drug-likeness (QED) is 0.204. The number of hydrogen-bond donors (Lipinski definition) is 0. The lowest BCUT2D eigenvalue weighted by molar-refractivity contribution is 0.483. The number of benzene rings is 4. The molecule has 4 aromatic carbocycles. The normalized spacial score (nSPS) is 11.7. The molecule has 9 aromatic rings. The Balaban J connectivity index is 1.18. The zero-order valence-electron chi connectivity index (χ0n) is 22.9. The first-order chi connectivity index (χ1) is 21.3. The van der Waals surface area contributed by atoms with Crippen LogP contribution < -0.4 is 4.74 Å². The molecule has 6 heteroatoms. The highest BCUT2D eigenvalue weighted by atomic mass is 16.5. The van der Waals surface area contributed by atoms with Crippen LogP contribution in [0, 0.1) is 0 Å². The van der Waals surface area contributed by atoms with Crippen molar-refractivity contribution in [1.82, 2.24) is 23.9 Å². The molecule has 0 aliphatic heterocycles. The van der Waals surface area contributed by atoms with Crippen LogP contribution in [0.2, 0.25) is 0 Å². The van der Waals surface area contributed by atoms with E-state index in [1.54, 1.807) is 0 Å². The molecule has 0 radical (unpaired) electrons. The van der Waals surface area contributed by atoms with Crippen LogP contribution in [0.15, 0.2) is 140 Å². The molecule has 0 saturated heterocycles. The van der Waals surface area contributed by atoms with Gasteiger partial charge in [0.1, 0.15) is 28.4 Å². The molecule has 0 bridgehead atoms. The van der Waals surface area contributed by atoms with Crippen molar-refractivity contribution in [2.45, 2.75) is 0 Å². The Morgan fingerprint density at radius 3 is 2.14 bits per heavy atom. The predicted molar refractivity (Wildman–Crippen MR) is 172 cm³/mol. The molecule has 0 unspecified atom stereocenters. The van der Waals surface area contributed by atoms with Crippen molar-refractivity contribution >= 4 is 49.4 Å². The van der Waals surface area contributed by atoms with Gasteiger partial charge in [-0.05, 0) is 66.0 Å². The Morgan fingerprint density at radius 1 is 0.512 bits per heavy atom. The number of fused-ring (bicyclic) bond motifs is 9. The van der Waals surface area contributed by atoms with E-state index in [2.05, 4.69) is 88.0 Å². The van der Waals surface area contributed by atoms with Crippen LogP contribution >= 0.6 is 0 Å². The number of nitrogens with zero attached hydrogens (tertiary/aromatic N) is 5. The maximum Gasteiger partial charge on any atom is 0.147 e. The molecule has 0 amide bonds. The summed E-state index contributed by atoms with van der Waals surface area (Å²) >= 11 is 0. The highest BCUT2D eigenvalue weighted by Crippen LogP contribution is 2.36. The summed E-state index contributed by atoms with van der Waals surface area (Å²) in [5.74, 6) is 1.48. The van der Waals surface area contributed by atoms with Crippen molar-refractivity contribution < 1.29 is 4.74 Å². The van der Waals surface area contributed by atoms with E-state index in [1.807, 2.05) is 60.9 Å². The van der Waals surface area contributed by atoms with Gasteiger partial charge in [-0.2, -0.15) is 0 Å². The first-order valence-electron chi connectivity index (χ1n) is 14.2. The molecule has 0 spiro atoms. The first kappa shape index (κ1) is 23.7. The van der Waals surface area contributed by atoms with E-state index in [0.717, 1.165) is 72.4 Å². The number of para-hydroxylation sites is 1. The third-order valence-electron chi connectivity index (χ3n) is 8.06. The number of pyridine rings is 3. The average Bonchev–Trinajstić information content (AvgIpc) is 3.66. The van der Waals surface area contributed by atoms with Gasteiger partial charge in [-0.25, -0.2) is 15.0 Å². The van der Waals surface area contributed by atoms with Crippen LogP contribution in [-0.4, -0.2) is 23.9 Å². The Bertz CT molecular complexity index is 2440. The van der Waals surface area contributed by atoms with Crippen molar-refractivity contribution in [3.63, 3.8) is 0 Å². The second-order valence-electron chi connectivity index (χ2n) is 10.6. The lowest BCUT2D eigenvalue weighted by Crippen LogP contribution is -1.96. The second-order valence-corrected chi connectivity index (χ2v) is 10.6. The largest absolute Gasteiger partial charge is 0.457 e. The predicted octanol–water partition coefficient (Wildman–Crippen LogP) is 8.99. The molecule has 0 aliphatic carbocycles. The smallest absolute Gasteiger partial charge is 0.147 e. The molecule has 0 fully saturated rings. The van der Waals surface area contributed by atoms with Gasteiger partial charge in [0.15, 0.2) is 0 Å². The van der Waals surface area contributed by atoms with Crippen LogP contribution in [0.3, 0.4) is 0 Å². The van der Waals surface area contributed by atoms with Gasteiger partial charge in [-0.15, -0.1) is 0 Å². The van der Waals surface area contributed by atoms with Gasteiger partial charge in [0.25, 0.3) is 0 Å². The summed E-state index contributed by atoms with van der Waals surface area (Å²) in [4.78, 5) is 14.5. The van der Waals surface area contributed by atoms with Gasteiger partial charge in [-0.3, -0.25) is 8.97 Å². The fraction of sp³-hybridized carbons (Fsp3) is 0. The summed E-state index contributed by atoms with van der Waals surface area (Å²) in [5.41, 5.74) is 6.70. The molecular formula is C37H23N5O. The van der Waals surface area contributed by atoms with Crippen LogP contribution in [0.25, 0.3) is 66.3 Å². The van der Waals surface area contributed by atoms with Crippen LogP contribution in [-0.2, 0) is 0 Å². The van der Waals surface area contributed by atoms with E-state index in [1.165, 1.54) is 5.39 Å². The molecule has 9 rings (SSSR count). The van der Waals surface area contributed by atoms with Gasteiger partial charge in [0.05, 0.1) is 16.9 Å². The SMILES string of the molecule is c1ccc(-c2cn3c4ncccc4c4ccc(Oc5cccc(-n6c7ccccc7c7cccnc76)c5)cc4c3n2)cc1. The van der Waals surface area contributed by atoms with Crippen molar-refractivity contribution in [2.24, 2.45) is 0 Å². The third kappa shape index (κ3) is 3.70. The van der Waals surface area contributed by atoms with Crippen molar-refractivity contribution in [3.05, 3.63) is 140 Å². The second kappa shape index (κ2) is 9.26. The van der Waals surface area contributed by atoms with E-state index >= 15 is 0 Å². The molecule has 6 nitrogen and oxygen atoms in total. The fourth-order valence-corrected chi connectivity index (χ4v) is 6.16. The minimum atomic E-state index is 0.736. The Hall–Kier alpha value is -6.01. The van der Waals surface area contributed by atoms with Crippen molar-refractivity contribution in [2.75, 3.05) is 0 Å². The van der Waals surface area contributed by atoms with E-state index in [4.69, 9.17) is 19.7 Å². The summed E-state index contributed by atoms with van der Waals surface area (Å²) in [6, 6.07) is 41.2. The third-order valence-corrected chi connectivity index (χ3v) is 8.06. The molecule has 0 aliphatic rings. The minimum Gasteiger partial charge on any atom is -0.457 e. The van der Waals surface area contributed by atoms with Crippen molar-refractivity contribution in [1.29, 1.82) is 0 Å². The molecule has 43 heavy (non-hydrogen) atoms. The molecular weight excluding hydrogens is 530 g/mol. The fourth-order valence-electron chi connectivity index (χ4n) is 6.16. The number of ether oxygens (including phenoxy) is 1. The summed E-state index contributed by atoms with van der Waals surface area (Å²) < 4.78 is 10.8. The van der Waals surface area contributed by atoms with E-state index < -0.39 is 0 Å². The van der Waals surface area contributed by atoms with Gasteiger partial charge in [-0.1, -0.05) is 54.6 Å². The maximum atomic E-state index is 6.52. The standard InChI is InChI=1S/C37H23N5O/c1-2-9-24(10-3-1)33-23-41-35-30(14-7-19-38-35)28-18-17-27(22-32(28)37(41)40-33)43-26-12-6-11-25(21-26)42-34-16-5-4-13-29(34)31-15-8-20-39-36(31)42/h1-23H. The molecule has 0 atom stereocenters. The van der Waals surface area contributed by atoms with Crippen LogP contribution in [0.5, 0.6) is 11.5 Å². The van der Waals surface area contributed by atoms with Gasteiger partial charge >= 0.3 is 0 Å². The minimum absolute atomic E-state index is 0.736. The summed E-state index contributed by atoms with van der Waals surface area (Å²) in [7, 11) is 0. The molecule has 202 valence electrons. The van der Waals surface area contributed by atoms with E-state index in [-0.39, 0.29) is 0 Å². The number of imidazole rings is 1. The lowest BCUT2D eigenvalue weighted by Gasteiger charge is -2.12.